The highest BCUT2D eigenvalue weighted by Crippen LogP contribution is 2.64. The molecule has 0 atom stereocenters. The van der Waals surface area contributed by atoms with Crippen molar-refractivity contribution in [1.82, 2.24) is 5.32 Å². The number of hydrogen-bond donors (Lipinski definition) is 3. The van der Waals surface area contributed by atoms with Crippen molar-refractivity contribution < 1.29 is 17.9 Å². The Morgan fingerprint density at radius 1 is 1.00 bits per heavy atom. The SMILES string of the molecule is CNCCCN1c2ccccc2N(c2c(F)cccc2F)S1(O)O.Cl. The Hall–Kier alpha value is -1.58. The smallest absolute Gasteiger partial charge is 0.151 e. The summed E-state index contributed by atoms with van der Waals surface area (Å²) in [6.45, 7) is 1.02. The lowest BCUT2D eigenvalue weighted by Crippen LogP contribution is -2.33. The number of para-hydroxylation sites is 3. The van der Waals surface area contributed by atoms with Crippen LogP contribution in [0.25, 0.3) is 0 Å². The van der Waals surface area contributed by atoms with Gasteiger partial charge in [0.2, 0.25) is 0 Å². The van der Waals surface area contributed by atoms with E-state index >= 15 is 0 Å². The molecular weight excluding hydrogens is 372 g/mol. The van der Waals surface area contributed by atoms with Crippen LogP contribution in [0, 0.1) is 11.6 Å². The first-order valence-corrected chi connectivity index (χ1v) is 8.98. The van der Waals surface area contributed by atoms with E-state index in [1.807, 2.05) is 0 Å². The molecule has 0 aromatic heterocycles. The molecule has 0 radical (unpaired) electrons. The van der Waals surface area contributed by atoms with Crippen LogP contribution in [0.3, 0.4) is 0 Å². The molecule has 2 aromatic carbocycles. The number of anilines is 3. The molecule has 1 aliphatic heterocycles. The fourth-order valence-corrected chi connectivity index (χ4v) is 4.60. The maximum Gasteiger partial charge on any atom is 0.151 e. The molecule has 0 spiro atoms. The summed E-state index contributed by atoms with van der Waals surface area (Å²) < 4.78 is 52.4. The fraction of sp³-hybridized carbons (Fsp3) is 0.250. The van der Waals surface area contributed by atoms with Crippen LogP contribution in [0.5, 0.6) is 0 Å². The normalized spacial score (nSPS) is 16.4. The summed E-state index contributed by atoms with van der Waals surface area (Å²) in [6.07, 6.45) is 0.647. The minimum atomic E-state index is -3.61. The Morgan fingerprint density at radius 3 is 2.20 bits per heavy atom. The highest BCUT2D eigenvalue weighted by atomic mass is 35.5. The Kier molecular flexibility index (Phi) is 6.12. The van der Waals surface area contributed by atoms with E-state index in [9.17, 15) is 17.9 Å². The van der Waals surface area contributed by atoms with E-state index in [1.165, 1.54) is 10.4 Å². The number of hydrogen-bond acceptors (Lipinski definition) is 5. The van der Waals surface area contributed by atoms with Gasteiger partial charge in [-0.3, -0.25) is 13.4 Å². The summed E-state index contributed by atoms with van der Waals surface area (Å²) in [5.41, 5.74) is 0.447. The Labute approximate surface area is 153 Å². The summed E-state index contributed by atoms with van der Waals surface area (Å²) in [5, 5.41) is 2.99. The molecule has 0 saturated heterocycles. The first-order chi connectivity index (χ1) is 11.5. The maximum atomic E-state index is 14.3. The van der Waals surface area contributed by atoms with Crippen molar-refractivity contribution in [3.05, 3.63) is 54.1 Å². The molecule has 0 saturated carbocycles. The van der Waals surface area contributed by atoms with E-state index < -0.39 is 28.3 Å². The third-order valence-corrected chi connectivity index (χ3v) is 5.68. The molecule has 5 nitrogen and oxygen atoms in total. The van der Waals surface area contributed by atoms with Gasteiger partial charge in [0.1, 0.15) is 5.69 Å². The lowest BCUT2D eigenvalue weighted by atomic mass is 10.2. The fourth-order valence-electron chi connectivity index (χ4n) is 2.78. The van der Waals surface area contributed by atoms with E-state index in [0.717, 1.165) is 16.4 Å². The molecular formula is C16H20ClF2N3O2S. The first-order valence-electron chi connectivity index (χ1n) is 7.52. The molecule has 138 valence electrons. The van der Waals surface area contributed by atoms with E-state index in [2.05, 4.69) is 5.32 Å². The second-order valence-electron chi connectivity index (χ2n) is 5.40. The van der Waals surface area contributed by atoms with Crippen LogP contribution in [0.15, 0.2) is 42.5 Å². The van der Waals surface area contributed by atoms with Gasteiger partial charge in [-0.05, 0) is 55.2 Å². The molecule has 0 fully saturated rings. The predicted molar refractivity (Wildman–Crippen MR) is 101 cm³/mol. The summed E-state index contributed by atoms with van der Waals surface area (Å²) in [6, 6.07) is 10.2. The van der Waals surface area contributed by atoms with Crippen molar-refractivity contribution in [3.63, 3.8) is 0 Å². The van der Waals surface area contributed by atoms with Crippen LogP contribution in [-0.4, -0.2) is 29.2 Å². The average Bonchev–Trinajstić information content (AvgIpc) is 2.76. The molecule has 3 N–H and O–H groups in total. The van der Waals surface area contributed by atoms with E-state index in [4.69, 9.17) is 0 Å². The first kappa shape index (κ1) is 19.7. The van der Waals surface area contributed by atoms with Crippen molar-refractivity contribution in [2.45, 2.75) is 6.42 Å². The van der Waals surface area contributed by atoms with Gasteiger partial charge in [-0.25, -0.2) is 13.1 Å². The highest BCUT2D eigenvalue weighted by molar-refractivity contribution is 8.27. The summed E-state index contributed by atoms with van der Waals surface area (Å²) in [4.78, 5) is 0. The molecule has 9 heteroatoms. The highest BCUT2D eigenvalue weighted by Gasteiger charge is 2.43. The van der Waals surface area contributed by atoms with Crippen molar-refractivity contribution in [2.24, 2.45) is 0 Å². The standard InChI is InChI=1S/C16H19F2N3O2S.ClH/c1-19-10-5-11-20-14-8-2-3-9-15(14)21(24(20,22)23)16-12(17)6-4-7-13(16)18;/h2-4,6-9,19,22-23H,5,10-11H2,1H3;1H. The Morgan fingerprint density at radius 2 is 1.60 bits per heavy atom. The van der Waals surface area contributed by atoms with E-state index in [1.54, 1.807) is 31.3 Å². The van der Waals surface area contributed by atoms with Gasteiger partial charge in [-0.2, -0.15) is 0 Å². The minimum Gasteiger partial charge on any atom is -0.320 e. The zero-order valence-corrected chi connectivity index (χ0v) is 15.2. The van der Waals surface area contributed by atoms with Gasteiger partial charge in [0.15, 0.2) is 11.6 Å². The molecule has 2 aromatic rings. The number of fused-ring (bicyclic) bond motifs is 1. The van der Waals surface area contributed by atoms with Crippen molar-refractivity contribution >= 4 is 40.4 Å². The van der Waals surface area contributed by atoms with Crippen molar-refractivity contribution in [1.29, 1.82) is 0 Å². The second-order valence-corrected chi connectivity index (χ2v) is 7.19. The summed E-state index contributed by atoms with van der Waals surface area (Å²) >= 11 is 0. The molecule has 3 rings (SSSR count). The molecule has 0 unspecified atom stereocenters. The third kappa shape index (κ3) is 3.40. The Bertz CT molecular complexity index is 731. The Balaban J connectivity index is 0.00000225. The monoisotopic (exact) mass is 391 g/mol. The molecule has 25 heavy (non-hydrogen) atoms. The quantitative estimate of drug-likeness (QED) is 0.653. The largest absolute Gasteiger partial charge is 0.320 e. The maximum absolute atomic E-state index is 14.3. The zero-order chi connectivity index (χ0) is 17.3. The van der Waals surface area contributed by atoms with Crippen LogP contribution in [0.2, 0.25) is 0 Å². The number of rotatable bonds is 5. The van der Waals surface area contributed by atoms with Gasteiger partial charge in [0.25, 0.3) is 0 Å². The van der Waals surface area contributed by atoms with Gasteiger partial charge in [-0.1, -0.05) is 18.2 Å². The molecule has 0 bridgehead atoms. The van der Waals surface area contributed by atoms with Gasteiger partial charge in [-0.15, -0.1) is 12.4 Å². The molecule has 0 aliphatic carbocycles. The second kappa shape index (κ2) is 7.76. The van der Waals surface area contributed by atoms with Crippen LogP contribution >= 0.6 is 23.4 Å². The molecule has 1 heterocycles. The average molecular weight is 392 g/mol. The number of nitrogens with zero attached hydrogens (tertiary/aromatic N) is 2. The van der Waals surface area contributed by atoms with Gasteiger partial charge in [0.05, 0.1) is 11.4 Å². The summed E-state index contributed by atoms with van der Waals surface area (Å²) in [7, 11) is -1.80. The van der Waals surface area contributed by atoms with Gasteiger partial charge in [0, 0.05) is 6.54 Å². The van der Waals surface area contributed by atoms with Gasteiger partial charge < -0.3 is 5.32 Å². The number of halogens is 3. The minimum absolute atomic E-state index is 0. The van der Waals surface area contributed by atoms with Crippen molar-refractivity contribution in [2.75, 3.05) is 28.7 Å². The van der Waals surface area contributed by atoms with Crippen molar-refractivity contribution in [3.8, 4) is 0 Å². The van der Waals surface area contributed by atoms with Crippen LogP contribution in [-0.2, 0) is 0 Å². The number of nitrogens with one attached hydrogen (secondary N) is 1. The lowest BCUT2D eigenvalue weighted by Gasteiger charge is -2.43. The van der Waals surface area contributed by atoms with Crippen LogP contribution in [0.4, 0.5) is 25.8 Å². The topological polar surface area (TPSA) is 59.0 Å². The zero-order valence-electron chi connectivity index (χ0n) is 13.5. The van der Waals surface area contributed by atoms with E-state index in [-0.39, 0.29) is 12.4 Å². The van der Waals surface area contributed by atoms with E-state index in [0.29, 0.717) is 30.9 Å². The molecule has 0 amide bonds. The lowest BCUT2D eigenvalue weighted by molar-refractivity contribution is 0.480. The number of benzene rings is 2. The summed E-state index contributed by atoms with van der Waals surface area (Å²) in [5.74, 6) is -1.69. The van der Waals surface area contributed by atoms with Crippen LogP contribution in [0.1, 0.15) is 6.42 Å². The predicted octanol–water partition coefficient (Wildman–Crippen LogP) is 4.53. The van der Waals surface area contributed by atoms with Crippen LogP contribution < -0.4 is 13.9 Å². The third-order valence-electron chi connectivity index (χ3n) is 3.84. The molecule has 1 aliphatic rings. The van der Waals surface area contributed by atoms with Gasteiger partial charge >= 0.3 is 0 Å².